The molecule has 1 unspecified atom stereocenters. The molecule has 1 saturated heterocycles. The molecule has 31 heavy (non-hydrogen) atoms. The number of benzene rings is 1. The summed E-state index contributed by atoms with van der Waals surface area (Å²) in [4.78, 5) is 4.66. The summed E-state index contributed by atoms with van der Waals surface area (Å²) >= 11 is 0. The molecular formula is C21H32IN5O3S. The highest BCUT2D eigenvalue weighted by Crippen LogP contribution is 2.29. The molecule has 1 aromatic carbocycles. The van der Waals surface area contributed by atoms with Crippen LogP contribution in [0.15, 0.2) is 47.7 Å². The minimum Gasteiger partial charge on any atom is -0.381 e. The third kappa shape index (κ3) is 6.42. The van der Waals surface area contributed by atoms with E-state index >= 15 is 0 Å². The normalized spacial score (nSPS) is 17.5. The average molecular weight is 561 g/mol. The van der Waals surface area contributed by atoms with E-state index in [9.17, 15) is 8.42 Å². The lowest BCUT2D eigenvalue weighted by Gasteiger charge is -2.34. The Labute approximate surface area is 201 Å². The summed E-state index contributed by atoms with van der Waals surface area (Å²) in [6.07, 6.45) is 5.89. The van der Waals surface area contributed by atoms with Crippen LogP contribution in [0.3, 0.4) is 0 Å². The first-order chi connectivity index (χ1) is 14.3. The van der Waals surface area contributed by atoms with Gasteiger partial charge in [-0.1, -0.05) is 12.1 Å². The lowest BCUT2D eigenvalue weighted by molar-refractivity contribution is 0.0768. The van der Waals surface area contributed by atoms with Gasteiger partial charge in [0.25, 0.3) is 0 Å². The molecule has 3 rings (SSSR count). The Morgan fingerprint density at radius 3 is 2.68 bits per heavy atom. The van der Waals surface area contributed by atoms with Gasteiger partial charge in [0.05, 0.1) is 23.0 Å². The predicted molar refractivity (Wildman–Crippen MR) is 134 cm³/mol. The first-order valence-electron chi connectivity index (χ1n) is 10.3. The number of ether oxygens (including phenoxy) is 1. The van der Waals surface area contributed by atoms with Crippen molar-refractivity contribution in [2.24, 2.45) is 4.99 Å². The minimum atomic E-state index is -3.26. The van der Waals surface area contributed by atoms with Crippen molar-refractivity contribution < 1.29 is 13.2 Å². The second kappa shape index (κ2) is 11.3. The van der Waals surface area contributed by atoms with E-state index in [0.717, 1.165) is 11.3 Å². The molecule has 0 spiro atoms. The van der Waals surface area contributed by atoms with E-state index < -0.39 is 14.6 Å². The number of guanidine groups is 1. The zero-order valence-electron chi connectivity index (χ0n) is 18.2. The van der Waals surface area contributed by atoms with Gasteiger partial charge in [-0.2, -0.15) is 5.10 Å². The topological polar surface area (TPSA) is 97.6 Å². The SMILES string of the molecule is CCNC(=NCC1(S(C)(=O)=O)CCOCC1)NC(C)c1cccc(-n2cccn2)c1.I. The van der Waals surface area contributed by atoms with Crippen LogP contribution in [-0.2, 0) is 14.6 Å². The Hall–Kier alpha value is -1.66. The van der Waals surface area contributed by atoms with Gasteiger partial charge in [-0.25, -0.2) is 13.1 Å². The third-order valence-electron chi connectivity index (χ3n) is 5.55. The van der Waals surface area contributed by atoms with Gasteiger partial charge < -0.3 is 15.4 Å². The highest BCUT2D eigenvalue weighted by atomic mass is 127. The number of aliphatic imine (C=N–C) groups is 1. The van der Waals surface area contributed by atoms with E-state index in [4.69, 9.17) is 4.74 Å². The largest absolute Gasteiger partial charge is 0.381 e. The smallest absolute Gasteiger partial charge is 0.191 e. The Morgan fingerprint density at radius 2 is 2.06 bits per heavy atom. The minimum absolute atomic E-state index is 0. The Bertz CT molecular complexity index is 957. The van der Waals surface area contributed by atoms with Crippen LogP contribution in [0.4, 0.5) is 0 Å². The third-order valence-corrected chi connectivity index (χ3v) is 7.66. The number of nitrogens with zero attached hydrogens (tertiary/aromatic N) is 3. The van der Waals surface area contributed by atoms with Crippen molar-refractivity contribution in [1.29, 1.82) is 0 Å². The molecular weight excluding hydrogens is 529 g/mol. The molecule has 0 amide bonds. The van der Waals surface area contributed by atoms with Crippen LogP contribution < -0.4 is 10.6 Å². The molecule has 1 aliphatic heterocycles. The number of sulfone groups is 1. The van der Waals surface area contributed by atoms with Gasteiger partial charge in [0, 0.05) is 38.4 Å². The fraction of sp³-hybridized carbons (Fsp3) is 0.524. The van der Waals surface area contributed by atoms with Crippen molar-refractivity contribution in [1.82, 2.24) is 20.4 Å². The maximum Gasteiger partial charge on any atom is 0.191 e. The van der Waals surface area contributed by atoms with Crippen LogP contribution in [-0.4, -0.2) is 61.5 Å². The fourth-order valence-corrected chi connectivity index (χ4v) is 4.79. The average Bonchev–Trinajstić information content (AvgIpc) is 3.27. The summed E-state index contributed by atoms with van der Waals surface area (Å²) in [6, 6.07) is 9.98. The van der Waals surface area contributed by atoms with E-state index in [1.807, 2.05) is 42.1 Å². The number of rotatable bonds is 7. The molecule has 1 aromatic heterocycles. The van der Waals surface area contributed by atoms with Crippen LogP contribution >= 0.6 is 24.0 Å². The lowest BCUT2D eigenvalue weighted by Crippen LogP contribution is -2.47. The Morgan fingerprint density at radius 1 is 1.32 bits per heavy atom. The molecule has 2 heterocycles. The summed E-state index contributed by atoms with van der Waals surface area (Å²) in [5.41, 5.74) is 2.06. The second-order valence-corrected chi connectivity index (χ2v) is 10.1. The zero-order valence-corrected chi connectivity index (χ0v) is 21.4. The van der Waals surface area contributed by atoms with Crippen molar-refractivity contribution in [2.45, 2.75) is 37.5 Å². The quantitative estimate of drug-likeness (QED) is 0.307. The summed E-state index contributed by atoms with van der Waals surface area (Å²) in [5, 5.41) is 10.9. The second-order valence-electron chi connectivity index (χ2n) is 7.67. The molecule has 10 heteroatoms. The van der Waals surface area contributed by atoms with Crippen LogP contribution in [0.5, 0.6) is 0 Å². The molecule has 0 bridgehead atoms. The molecule has 1 atom stereocenters. The first kappa shape index (κ1) is 25.6. The molecule has 2 aromatic rings. The van der Waals surface area contributed by atoms with Crippen molar-refractivity contribution >= 4 is 39.8 Å². The molecule has 2 N–H and O–H groups in total. The molecule has 1 fully saturated rings. The molecule has 8 nitrogen and oxygen atoms in total. The summed E-state index contributed by atoms with van der Waals surface area (Å²) in [7, 11) is -3.26. The molecule has 172 valence electrons. The highest BCUT2D eigenvalue weighted by molar-refractivity contribution is 14.0. The van der Waals surface area contributed by atoms with Crippen molar-refractivity contribution in [3.8, 4) is 5.69 Å². The van der Waals surface area contributed by atoms with E-state index in [1.165, 1.54) is 6.26 Å². The molecule has 0 aliphatic carbocycles. The number of hydrogen-bond donors (Lipinski definition) is 2. The number of nitrogens with one attached hydrogen (secondary N) is 2. The maximum absolute atomic E-state index is 12.5. The van der Waals surface area contributed by atoms with E-state index in [0.29, 0.717) is 38.6 Å². The zero-order chi connectivity index (χ0) is 21.6. The van der Waals surface area contributed by atoms with E-state index in [2.05, 4.69) is 33.7 Å². The lowest BCUT2D eigenvalue weighted by atomic mass is 9.99. The predicted octanol–water partition coefficient (Wildman–Crippen LogP) is 2.70. The van der Waals surface area contributed by atoms with Crippen LogP contribution in [0.25, 0.3) is 5.69 Å². The van der Waals surface area contributed by atoms with Crippen molar-refractivity contribution in [3.63, 3.8) is 0 Å². The molecule has 0 saturated carbocycles. The van der Waals surface area contributed by atoms with Gasteiger partial charge in [0.1, 0.15) is 0 Å². The van der Waals surface area contributed by atoms with Gasteiger partial charge in [-0.05, 0) is 50.5 Å². The van der Waals surface area contributed by atoms with Crippen LogP contribution in [0.1, 0.15) is 38.3 Å². The van der Waals surface area contributed by atoms with Crippen molar-refractivity contribution in [2.75, 3.05) is 32.6 Å². The van der Waals surface area contributed by atoms with Crippen LogP contribution in [0, 0.1) is 0 Å². The first-order valence-corrected chi connectivity index (χ1v) is 12.2. The highest BCUT2D eigenvalue weighted by Gasteiger charge is 2.42. The standard InChI is InChI=1S/C21H31N5O3S.HI/c1-4-22-20(23-16-21(30(3,27)28)9-13-29-14-10-21)25-17(2)18-7-5-8-19(15-18)26-12-6-11-24-26;/h5-8,11-12,15,17H,4,9-10,13-14,16H2,1-3H3,(H2,22,23,25);1H. The number of hydrogen-bond acceptors (Lipinski definition) is 5. The summed E-state index contributed by atoms with van der Waals surface area (Å²) in [5.74, 6) is 0.601. The van der Waals surface area contributed by atoms with Gasteiger partial charge in [-0.3, -0.25) is 4.99 Å². The van der Waals surface area contributed by atoms with E-state index in [-0.39, 0.29) is 36.6 Å². The number of halogens is 1. The van der Waals surface area contributed by atoms with E-state index in [1.54, 1.807) is 6.20 Å². The van der Waals surface area contributed by atoms with Gasteiger partial charge >= 0.3 is 0 Å². The summed E-state index contributed by atoms with van der Waals surface area (Å²) in [6.45, 7) is 5.83. The maximum atomic E-state index is 12.5. The van der Waals surface area contributed by atoms with Gasteiger partial charge in [-0.15, -0.1) is 24.0 Å². The Balaban J connectivity index is 0.00000341. The van der Waals surface area contributed by atoms with Crippen LogP contribution in [0.2, 0.25) is 0 Å². The molecule has 0 radical (unpaired) electrons. The molecule has 1 aliphatic rings. The van der Waals surface area contributed by atoms with Crippen molar-refractivity contribution in [3.05, 3.63) is 48.3 Å². The van der Waals surface area contributed by atoms with Gasteiger partial charge in [0.2, 0.25) is 0 Å². The Kier molecular flexibility index (Phi) is 9.31. The summed E-state index contributed by atoms with van der Waals surface area (Å²) < 4.78 is 31.3. The fourth-order valence-electron chi connectivity index (χ4n) is 3.58. The number of aromatic nitrogens is 2. The van der Waals surface area contributed by atoms with Gasteiger partial charge in [0.15, 0.2) is 15.8 Å². The monoisotopic (exact) mass is 561 g/mol.